The fourth-order valence-electron chi connectivity index (χ4n) is 1.79. The molecule has 0 aliphatic heterocycles. The Balaban J connectivity index is 2.28. The second-order valence-corrected chi connectivity index (χ2v) is 7.21. The van der Waals surface area contributed by atoms with Crippen LogP contribution in [0.4, 0.5) is 0 Å². The summed E-state index contributed by atoms with van der Waals surface area (Å²) in [5.74, 6) is 6.44. The summed E-state index contributed by atoms with van der Waals surface area (Å²) in [4.78, 5) is 4.22. The number of ether oxygens (including phenoxy) is 1. The van der Waals surface area contributed by atoms with E-state index in [9.17, 15) is 0 Å². The van der Waals surface area contributed by atoms with E-state index in [-0.39, 0.29) is 12.1 Å². The Labute approximate surface area is 130 Å². The minimum absolute atomic E-state index is 0.0667. The van der Waals surface area contributed by atoms with E-state index in [0.29, 0.717) is 0 Å². The number of nitrogens with one attached hydrogen (secondary N) is 1. The van der Waals surface area contributed by atoms with Crippen LogP contribution in [0.15, 0.2) is 29.9 Å². The number of pyridine rings is 1. The van der Waals surface area contributed by atoms with Crippen molar-refractivity contribution in [3.05, 3.63) is 43.9 Å². The predicted octanol–water partition coefficient (Wildman–Crippen LogP) is 3.09. The van der Waals surface area contributed by atoms with Gasteiger partial charge in [0.25, 0.3) is 0 Å². The quantitative estimate of drug-likeness (QED) is 0.469. The van der Waals surface area contributed by atoms with Gasteiger partial charge in [-0.25, -0.2) is 5.43 Å². The first kappa shape index (κ1) is 14.7. The fourth-order valence-corrected chi connectivity index (χ4v) is 3.19. The summed E-state index contributed by atoms with van der Waals surface area (Å²) in [6.07, 6.45) is 3.65. The number of hydrogen-bond acceptors (Lipinski definition) is 5. The van der Waals surface area contributed by atoms with Crippen LogP contribution in [-0.2, 0) is 0 Å². The minimum Gasteiger partial charge on any atom is -0.489 e. The molecule has 0 aliphatic carbocycles. The van der Waals surface area contributed by atoms with Crippen LogP contribution in [0.1, 0.15) is 31.0 Å². The molecule has 0 fully saturated rings. The molecule has 2 rings (SSSR count). The lowest BCUT2D eigenvalue weighted by molar-refractivity contribution is 0.241. The first-order chi connectivity index (χ1) is 9.10. The molecule has 0 aromatic carbocycles. The highest BCUT2D eigenvalue weighted by molar-refractivity contribution is 14.1. The van der Waals surface area contributed by atoms with Gasteiger partial charge >= 0.3 is 0 Å². The van der Waals surface area contributed by atoms with Gasteiger partial charge in [0.05, 0.1) is 21.2 Å². The van der Waals surface area contributed by atoms with Crippen molar-refractivity contribution in [3.8, 4) is 5.75 Å². The summed E-state index contributed by atoms with van der Waals surface area (Å²) in [5, 5.41) is 2.10. The summed E-state index contributed by atoms with van der Waals surface area (Å²) in [6.45, 7) is 3.99. The third-order valence-electron chi connectivity index (χ3n) is 2.53. The first-order valence-corrected chi connectivity index (χ1v) is 7.87. The molecule has 0 radical (unpaired) electrons. The molecule has 0 saturated heterocycles. The summed E-state index contributed by atoms with van der Waals surface area (Å²) in [7, 11) is 0. The molecule has 2 heterocycles. The molecule has 0 bridgehead atoms. The maximum atomic E-state index is 5.68. The van der Waals surface area contributed by atoms with Gasteiger partial charge in [0, 0.05) is 6.20 Å². The molecule has 0 amide bonds. The van der Waals surface area contributed by atoms with E-state index in [0.717, 1.165) is 16.9 Å². The third-order valence-corrected chi connectivity index (χ3v) is 4.33. The van der Waals surface area contributed by atoms with Crippen LogP contribution >= 0.6 is 33.9 Å². The number of hydrogen-bond donors (Lipinski definition) is 2. The van der Waals surface area contributed by atoms with Gasteiger partial charge in [-0.1, -0.05) is 0 Å². The Hall–Kier alpha value is -0.700. The summed E-state index contributed by atoms with van der Waals surface area (Å²) < 4.78 is 6.89. The van der Waals surface area contributed by atoms with E-state index >= 15 is 0 Å². The Morgan fingerprint density at radius 3 is 2.68 bits per heavy atom. The van der Waals surface area contributed by atoms with E-state index < -0.39 is 0 Å². The SMILES string of the molecule is CC(C)Oc1cncc(C(NN)c2csc(I)c2)c1. The molecule has 0 saturated carbocycles. The first-order valence-electron chi connectivity index (χ1n) is 5.92. The second kappa shape index (κ2) is 6.65. The lowest BCUT2D eigenvalue weighted by Gasteiger charge is -2.16. The average molecular weight is 389 g/mol. The zero-order valence-electron chi connectivity index (χ0n) is 10.8. The molecule has 102 valence electrons. The van der Waals surface area contributed by atoms with Gasteiger partial charge in [0.15, 0.2) is 0 Å². The summed E-state index contributed by atoms with van der Waals surface area (Å²) >= 11 is 4.00. The van der Waals surface area contributed by atoms with E-state index in [4.69, 9.17) is 10.6 Å². The number of aromatic nitrogens is 1. The number of rotatable bonds is 5. The van der Waals surface area contributed by atoms with Gasteiger partial charge in [0.2, 0.25) is 0 Å². The van der Waals surface area contributed by atoms with Crippen LogP contribution in [0.2, 0.25) is 0 Å². The van der Waals surface area contributed by atoms with Crippen molar-refractivity contribution < 1.29 is 4.74 Å². The van der Waals surface area contributed by atoms with Crippen LogP contribution in [0.3, 0.4) is 0 Å². The van der Waals surface area contributed by atoms with E-state index in [1.807, 2.05) is 26.1 Å². The Bertz CT molecular complexity index is 544. The smallest absolute Gasteiger partial charge is 0.138 e. The van der Waals surface area contributed by atoms with Crippen LogP contribution < -0.4 is 16.0 Å². The number of hydrazine groups is 1. The van der Waals surface area contributed by atoms with Crippen LogP contribution in [0.25, 0.3) is 0 Å². The maximum Gasteiger partial charge on any atom is 0.138 e. The van der Waals surface area contributed by atoms with Gasteiger partial charge in [-0.2, -0.15) is 0 Å². The fraction of sp³-hybridized carbons (Fsp3) is 0.308. The molecule has 0 spiro atoms. The molecule has 6 heteroatoms. The average Bonchev–Trinajstić information content (AvgIpc) is 2.76. The number of halogens is 1. The normalized spacial score (nSPS) is 12.7. The number of thiophene rings is 1. The summed E-state index contributed by atoms with van der Waals surface area (Å²) in [5.41, 5.74) is 4.97. The molecule has 4 nitrogen and oxygen atoms in total. The molecule has 1 atom stereocenters. The minimum atomic E-state index is -0.0667. The predicted molar refractivity (Wildman–Crippen MR) is 86.2 cm³/mol. The van der Waals surface area contributed by atoms with Crippen molar-refractivity contribution >= 4 is 33.9 Å². The van der Waals surface area contributed by atoms with Gasteiger partial charge < -0.3 is 4.74 Å². The molecule has 2 aromatic heterocycles. The van der Waals surface area contributed by atoms with Gasteiger partial charge in [-0.15, -0.1) is 11.3 Å². The molecule has 19 heavy (non-hydrogen) atoms. The van der Waals surface area contributed by atoms with Gasteiger partial charge in [-0.3, -0.25) is 10.8 Å². The highest BCUT2D eigenvalue weighted by atomic mass is 127. The lowest BCUT2D eigenvalue weighted by atomic mass is 10.0. The van der Waals surface area contributed by atoms with Crippen molar-refractivity contribution in [2.45, 2.75) is 26.0 Å². The lowest BCUT2D eigenvalue weighted by Crippen LogP contribution is -2.28. The van der Waals surface area contributed by atoms with Gasteiger partial charge in [-0.05, 0) is 65.1 Å². The van der Waals surface area contributed by atoms with Crippen molar-refractivity contribution in [2.24, 2.45) is 5.84 Å². The molecule has 3 N–H and O–H groups in total. The van der Waals surface area contributed by atoms with Crippen molar-refractivity contribution in [3.63, 3.8) is 0 Å². The molecule has 2 aromatic rings. The van der Waals surface area contributed by atoms with Crippen molar-refractivity contribution in [1.29, 1.82) is 0 Å². The van der Waals surface area contributed by atoms with Crippen molar-refractivity contribution in [1.82, 2.24) is 10.4 Å². The molecular formula is C13H16IN3OS. The van der Waals surface area contributed by atoms with Gasteiger partial charge in [0.1, 0.15) is 5.75 Å². The van der Waals surface area contributed by atoms with E-state index in [1.54, 1.807) is 17.5 Å². The highest BCUT2D eigenvalue weighted by Crippen LogP contribution is 2.28. The summed E-state index contributed by atoms with van der Waals surface area (Å²) in [6, 6.07) is 4.02. The van der Waals surface area contributed by atoms with Crippen LogP contribution in [-0.4, -0.2) is 11.1 Å². The van der Waals surface area contributed by atoms with Crippen LogP contribution in [0.5, 0.6) is 5.75 Å². The monoisotopic (exact) mass is 389 g/mol. The zero-order chi connectivity index (χ0) is 13.8. The Morgan fingerprint density at radius 2 is 2.11 bits per heavy atom. The van der Waals surface area contributed by atoms with Crippen molar-refractivity contribution in [2.75, 3.05) is 0 Å². The Kier molecular flexibility index (Phi) is 5.14. The van der Waals surface area contributed by atoms with E-state index in [1.165, 1.54) is 2.88 Å². The van der Waals surface area contributed by atoms with Crippen LogP contribution in [0, 0.1) is 2.88 Å². The van der Waals surface area contributed by atoms with E-state index in [2.05, 4.69) is 44.4 Å². The largest absolute Gasteiger partial charge is 0.489 e. The second-order valence-electron chi connectivity index (χ2n) is 4.40. The number of nitrogens with two attached hydrogens (primary N) is 1. The maximum absolute atomic E-state index is 5.68. The molecule has 0 aliphatic rings. The molecular weight excluding hydrogens is 373 g/mol. The zero-order valence-corrected chi connectivity index (χ0v) is 13.7. The topological polar surface area (TPSA) is 60.2 Å². The highest BCUT2D eigenvalue weighted by Gasteiger charge is 2.15. The number of nitrogens with zero attached hydrogens (tertiary/aromatic N) is 1. The Morgan fingerprint density at radius 1 is 1.32 bits per heavy atom. The standard InChI is InChI=1S/C13H16IN3OS/c1-8(2)18-11-3-9(5-16-6-11)13(17-15)10-4-12(14)19-7-10/h3-8,13,17H,15H2,1-2H3. The molecule has 1 unspecified atom stereocenters. The third kappa shape index (κ3) is 3.88.